The van der Waals surface area contributed by atoms with Crippen LogP contribution in [-0.4, -0.2) is 71.1 Å². The van der Waals surface area contributed by atoms with Gasteiger partial charge in [0.1, 0.15) is 11.6 Å². The van der Waals surface area contributed by atoms with Crippen molar-refractivity contribution in [2.24, 2.45) is 18.4 Å². The number of imidazole rings is 1. The molecule has 2 atom stereocenters. The van der Waals surface area contributed by atoms with Crippen LogP contribution >= 0.6 is 0 Å². The Morgan fingerprint density at radius 2 is 1.90 bits per heavy atom. The van der Waals surface area contributed by atoms with Gasteiger partial charge in [0.15, 0.2) is 11.5 Å². The Morgan fingerprint density at radius 3 is 2.52 bits per heavy atom. The van der Waals surface area contributed by atoms with Crippen LogP contribution in [0.25, 0.3) is 0 Å². The van der Waals surface area contributed by atoms with Crippen LogP contribution in [0, 0.1) is 11.3 Å². The number of hydrogen-bond donors (Lipinski definition) is 1. The number of hydrogen-bond acceptors (Lipinski definition) is 7. The summed E-state index contributed by atoms with van der Waals surface area (Å²) in [5, 5.41) is 10.3. The van der Waals surface area contributed by atoms with Crippen LogP contribution in [0.15, 0.2) is 24.5 Å². The molecule has 8 nitrogen and oxygen atoms in total. The summed E-state index contributed by atoms with van der Waals surface area (Å²) in [5.41, 5.74) is 1.02. The lowest BCUT2D eigenvalue weighted by Gasteiger charge is -2.27. The monoisotopic (exact) mass is 400 g/mol. The van der Waals surface area contributed by atoms with E-state index in [-0.39, 0.29) is 18.8 Å². The SMILES string of the molecule is COc1cc2c(cc1CN1CC3CN(Cc4nccn4C)CC3(CO)C1)OCO2. The van der Waals surface area contributed by atoms with Gasteiger partial charge in [-0.3, -0.25) is 9.80 Å². The molecule has 8 heteroatoms. The van der Waals surface area contributed by atoms with E-state index in [0.29, 0.717) is 5.92 Å². The topological polar surface area (TPSA) is 72.2 Å². The fourth-order valence-corrected chi connectivity index (χ4v) is 5.14. The molecule has 1 N–H and O–H groups in total. The molecular weight excluding hydrogens is 372 g/mol. The molecule has 0 bridgehead atoms. The lowest BCUT2D eigenvalue weighted by atomic mass is 9.82. The Balaban J connectivity index is 1.28. The quantitative estimate of drug-likeness (QED) is 0.778. The number of fused-ring (bicyclic) bond motifs is 2. The number of aryl methyl sites for hydroxylation is 1. The Bertz CT molecular complexity index is 901. The number of likely N-dealkylation sites (tertiary alicyclic amines) is 2. The maximum Gasteiger partial charge on any atom is 0.231 e. The highest BCUT2D eigenvalue weighted by Gasteiger charge is 2.52. The highest BCUT2D eigenvalue weighted by atomic mass is 16.7. The molecule has 3 aliphatic heterocycles. The van der Waals surface area contributed by atoms with Crippen LogP contribution in [0.5, 0.6) is 17.2 Å². The maximum atomic E-state index is 10.3. The molecule has 156 valence electrons. The fourth-order valence-electron chi connectivity index (χ4n) is 5.14. The van der Waals surface area contributed by atoms with Crippen LogP contribution < -0.4 is 14.2 Å². The standard InChI is InChI=1S/C21H28N4O4/c1-23-4-3-22-20(23)10-25-9-16-8-24(11-21(16,12-25)13-26)7-15-5-18-19(29-14-28-18)6-17(15)27-2/h3-6,16,26H,7-14H2,1-2H3. The Labute approximate surface area is 170 Å². The first-order valence-electron chi connectivity index (χ1n) is 10.1. The summed E-state index contributed by atoms with van der Waals surface area (Å²) in [6.07, 6.45) is 3.82. The lowest BCUT2D eigenvalue weighted by molar-refractivity contribution is 0.110. The molecule has 5 rings (SSSR count). The van der Waals surface area contributed by atoms with Gasteiger partial charge < -0.3 is 23.9 Å². The number of methoxy groups -OCH3 is 1. The number of benzene rings is 1. The zero-order valence-electron chi connectivity index (χ0n) is 17.0. The summed E-state index contributed by atoms with van der Waals surface area (Å²) in [5.74, 6) is 3.85. The minimum Gasteiger partial charge on any atom is -0.496 e. The van der Waals surface area contributed by atoms with Crippen molar-refractivity contribution in [1.82, 2.24) is 19.4 Å². The molecule has 1 aromatic carbocycles. The van der Waals surface area contributed by atoms with E-state index in [0.717, 1.165) is 67.9 Å². The van der Waals surface area contributed by atoms with E-state index in [1.54, 1.807) is 7.11 Å². The number of aliphatic hydroxyl groups excluding tert-OH is 1. The van der Waals surface area contributed by atoms with Gasteiger partial charge in [-0.1, -0.05) is 0 Å². The number of ether oxygens (including phenoxy) is 3. The van der Waals surface area contributed by atoms with E-state index in [1.807, 2.05) is 31.6 Å². The van der Waals surface area contributed by atoms with Crippen molar-refractivity contribution in [3.8, 4) is 17.2 Å². The minimum atomic E-state index is -0.0747. The summed E-state index contributed by atoms with van der Waals surface area (Å²) in [7, 11) is 3.71. The molecule has 0 spiro atoms. The van der Waals surface area contributed by atoms with Gasteiger partial charge in [-0.05, 0) is 12.0 Å². The Kier molecular flexibility index (Phi) is 4.64. The molecular formula is C21H28N4O4. The summed E-state index contributed by atoms with van der Waals surface area (Å²) in [6, 6.07) is 3.93. The summed E-state index contributed by atoms with van der Waals surface area (Å²) in [4.78, 5) is 9.31. The number of rotatable bonds is 6. The van der Waals surface area contributed by atoms with Gasteiger partial charge in [0.2, 0.25) is 6.79 Å². The van der Waals surface area contributed by atoms with Crippen molar-refractivity contribution < 1.29 is 19.3 Å². The molecule has 2 fully saturated rings. The predicted molar refractivity (Wildman–Crippen MR) is 106 cm³/mol. The second-order valence-electron chi connectivity index (χ2n) is 8.53. The van der Waals surface area contributed by atoms with Crippen molar-refractivity contribution >= 4 is 0 Å². The summed E-state index contributed by atoms with van der Waals surface area (Å²) < 4.78 is 18.7. The van der Waals surface area contributed by atoms with Gasteiger partial charge >= 0.3 is 0 Å². The molecule has 0 saturated carbocycles. The molecule has 29 heavy (non-hydrogen) atoms. The van der Waals surface area contributed by atoms with Gasteiger partial charge in [-0.2, -0.15) is 0 Å². The van der Waals surface area contributed by atoms with E-state index in [4.69, 9.17) is 14.2 Å². The molecule has 0 aliphatic carbocycles. The van der Waals surface area contributed by atoms with Gasteiger partial charge in [-0.25, -0.2) is 4.98 Å². The molecule has 2 unspecified atom stereocenters. The molecule has 2 saturated heterocycles. The first-order chi connectivity index (χ1) is 14.1. The molecule has 0 amide bonds. The largest absolute Gasteiger partial charge is 0.496 e. The van der Waals surface area contributed by atoms with Crippen LogP contribution in [-0.2, 0) is 20.1 Å². The first kappa shape index (κ1) is 18.7. The average Bonchev–Trinajstić information content (AvgIpc) is 3.45. The second-order valence-corrected chi connectivity index (χ2v) is 8.53. The van der Waals surface area contributed by atoms with Crippen LogP contribution in [0.1, 0.15) is 11.4 Å². The third-order valence-electron chi connectivity index (χ3n) is 6.67. The van der Waals surface area contributed by atoms with E-state index >= 15 is 0 Å². The minimum absolute atomic E-state index is 0.0747. The van der Waals surface area contributed by atoms with E-state index in [9.17, 15) is 5.11 Å². The number of aliphatic hydroxyl groups is 1. The van der Waals surface area contributed by atoms with Crippen molar-refractivity contribution in [3.05, 3.63) is 35.9 Å². The third-order valence-corrected chi connectivity index (χ3v) is 6.67. The van der Waals surface area contributed by atoms with Crippen LogP contribution in [0.2, 0.25) is 0 Å². The highest BCUT2D eigenvalue weighted by Crippen LogP contribution is 2.44. The summed E-state index contributed by atoms with van der Waals surface area (Å²) >= 11 is 0. The van der Waals surface area contributed by atoms with E-state index in [1.165, 1.54) is 0 Å². The average molecular weight is 400 g/mol. The van der Waals surface area contributed by atoms with Gasteiger partial charge in [0.25, 0.3) is 0 Å². The zero-order chi connectivity index (χ0) is 20.0. The van der Waals surface area contributed by atoms with Crippen molar-refractivity contribution in [3.63, 3.8) is 0 Å². The van der Waals surface area contributed by atoms with E-state index < -0.39 is 0 Å². The Hall–Kier alpha value is -2.29. The number of aromatic nitrogens is 2. The fraction of sp³-hybridized carbons (Fsp3) is 0.571. The second kappa shape index (κ2) is 7.19. The Morgan fingerprint density at radius 1 is 1.17 bits per heavy atom. The number of nitrogens with zero attached hydrogens (tertiary/aromatic N) is 4. The first-order valence-corrected chi connectivity index (χ1v) is 10.1. The van der Waals surface area contributed by atoms with Crippen LogP contribution in [0.4, 0.5) is 0 Å². The van der Waals surface area contributed by atoms with Crippen LogP contribution in [0.3, 0.4) is 0 Å². The maximum absolute atomic E-state index is 10.3. The highest BCUT2D eigenvalue weighted by molar-refractivity contribution is 5.51. The lowest BCUT2D eigenvalue weighted by Crippen LogP contribution is -2.37. The zero-order valence-corrected chi connectivity index (χ0v) is 17.0. The molecule has 4 heterocycles. The van der Waals surface area contributed by atoms with Gasteiger partial charge in [0.05, 0.1) is 20.3 Å². The van der Waals surface area contributed by atoms with Crippen molar-refractivity contribution in [2.75, 3.05) is 46.7 Å². The molecule has 3 aliphatic rings. The summed E-state index contributed by atoms with van der Waals surface area (Å²) in [6.45, 7) is 5.81. The van der Waals surface area contributed by atoms with Gasteiger partial charge in [-0.15, -0.1) is 0 Å². The van der Waals surface area contributed by atoms with E-state index in [2.05, 4.69) is 19.4 Å². The van der Waals surface area contributed by atoms with Crippen molar-refractivity contribution in [2.45, 2.75) is 13.1 Å². The predicted octanol–water partition coefficient (Wildman–Crippen LogP) is 1.08. The molecule has 2 aromatic rings. The van der Waals surface area contributed by atoms with Crippen molar-refractivity contribution in [1.29, 1.82) is 0 Å². The third kappa shape index (κ3) is 3.25. The van der Waals surface area contributed by atoms with Gasteiger partial charge in [0, 0.05) is 69.2 Å². The smallest absolute Gasteiger partial charge is 0.231 e. The molecule has 0 radical (unpaired) electrons. The normalized spacial score (nSPS) is 26.2. The molecule has 1 aromatic heterocycles.